The van der Waals surface area contributed by atoms with Crippen molar-refractivity contribution in [3.63, 3.8) is 0 Å². The molecule has 37 heavy (non-hydrogen) atoms. The highest BCUT2D eigenvalue weighted by Gasteiger charge is 2.39. The van der Waals surface area contributed by atoms with Crippen LogP contribution in [0.25, 0.3) is 22.4 Å². The Morgan fingerprint density at radius 3 is 2.38 bits per heavy atom. The molecule has 4 rings (SSSR count). The molecule has 0 amide bonds. The van der Waals surface area contributed by atoms with E-state index in [2.05, 4.69) is 20.8 Å². The van der Waals surface area contributed by atoms with Gasteiger partial charge in [-0.1, -0.05) is 19.3 Å². The Morgan fingerprint density at radius 2 is 1.81 bits per heavy atom. The molecule has 1 saturated carbocycles. The number of fused-ring (bicyclic) bond motifs is 1. The summed E-state index contributed by atoms with van der Waals surface area (Å²) in [5, 5.41) is 10.4. The molecule has 0 saturated heterocycles. The number of sulfonamides is 1. The molecule has 1 atom stereocenters. The van der Waals surface area contributed by atoms with E-state index in [1.807, 2.05) is 0 Å². The maximum atomic E-state index is 12.9. The second kappa shape index (κ2) is 10.2. The lowest BCUT2D eigenvalue weighted by Gasteiger charge is -2.26. The molecular formula is C23H22F5N5O3S. The molecule has 2 aromatic heterocycles. The fourth-order valence-electron chi connectivity index (χ4n) is 4.46. The van der Waals surface area contributed by atoms with Crippen molar-refractivity contribution in [2.75, 3.05) is 0 Å². The molecule has 0 aliphatic heterocycles. The van der Waals surface area contributed by atoms with Crippen LogP contribution in [0.1, 0.15) is 50.6 Å². The van der Waals surface area contributed by atoms with Crippen LogP contribution in [0.3, 0.4) is 0 Å². The number of hydrogen-bond donors (Lipinski definition) is 1. The van der Waals surface area contributed by atoms with E-state index in [0.717, 1.165) is 44.5 Å². The van der Waals surface area contributed by atoms with Crippen LogP contribution >= 0.6 is 0 Å². The highest BCUT2D eigenvalue weighted by atomic mass is 32.2. The van der Waals surface area contributed by atoms with E-state index < -0.39 is 33.7 Å². The fourth-order valence-corrected chi connectivity index (χ4v) is 5.58. The Bertz CT molecular complexity index is 1430. The van der Waals surface area contributed by atoms with Crippen molar-refractivity contribution in [3.05, 3.63) is 36.2 Å². The maximum Gasteiger partial charge on any atom is 0.404 e. The fraction of sp³-hybridized carbons (Fsp3) is 0.435. The zero-order valence-electron chi connectivity index (χ0n) is 19.5. The van der Waals surface area contributed by atoms with Crippen molar-refractivity contribution in [2.24, 2.45) is 0 Å². The summed E-state index contributed by atoms with van der Waals surface area (Å²) in [7, 11) is -4.58. The van der Waals surface area contributed by atoms with Gasteiger partial charge >= 0.3 is 12.8 Å². The van der Waals surface area contributed by atoms with Gasteiger partial charge in [-0.05, 0) is 31.9 Å². The zero-order chi connectivity index (χ0) is 27.0. The summed E-state index contributed by atoms with van der Waals surface area (Å²) in [5.41, 5.74) is 0.875. The van der Waals surface area contributed by atoms with Crippen LogP contribution in [0.5, 0.6) is 5.75 Å². The molecule has 1 N–H and O–H groups in total. The summed E-state index contributed by atoms with van der Waals surface area (Å²) in [4.78, 5) is 7.58. The van der Waals surface area contributed by atoms with Crippen LogP contribution in [0.2, 0.25) is 0 Å². The third-order valence-corrected chi connectivity index (χ3v) is 7.72. The molecule has 0 radical (unpaired) electrons. The quantitative estimate of drug-likeness (QED) is 0.405. The second-order valence-corrected chi connectivity index (χ2v) is 10.4. The van der Waals surface area contributed by atoms with Crippen LogP contribution in [0.4, 0.5) is 22.0 Å². The van der Waals surface area contributed by atoms with Crippen molar-refractivity contribution in [1.82, 2.24) is 19.3 Å². The van der Waals surface area contributed by atoms with E-state index in [9.17, 15) is 35.6 Å². The van der Waals surface area contributed by atoms with E-state index >= 15 is 0 Å². The summed E-state index contributed by atoms with van der Waals surface area (Å²) < 4.78 is 96.9. The third-order valence-electron chi connectivity index (χ3n) is 6.23. The monoisotopic (exact) mass is 543 g/mol. The Kier molecular flexibility index (Phi) is 7.38. The summed E-state index contributed by atoms with van der Waals surface area (Å²) in [6, 6.07) is 3.85. The van der Waals surface area contributed by atoms with Gasteiger partial charge in [-0.15, -0.1) is 0 Å². The summed E-state index contributed by atoms with van der Waals surface area (Å²) in [6.07, 6.45) is 1.25. The number of ether oxygens (including phenoxy) is 1. The predicted molar refractivity (Wildman–Crippen MR) is 122 cm³/mol. The number of hydrogen-bond acceptors (Lipinski definition) is 6. The normalized spacial score (nSPS) is 16.2. The lowest BCUT2D eigenvalue weighted by atomic mass is 9.95. The molecule has 0 spiro atoms. The SMILES string of the molecule is CC(NS(=O)(=O)c1cnc(-c2c(C#N)c3ccc(OC(F)F)cc3n2C2CCCCC2)nc1)C(F)(F)F. The van der Waals surface area contributed by atoms with E-state index in [4.69, 9.17) is 0 Å². The number of nitriles is 1. The second-order valence-electron chi connectivity index (χ2n) is 8.68. The first kappa shape index (κ1) is 26.7. The first-order valence-corrected chi connectivity index (χ1v) is 12.8. The van der Waals surface area contributed by atoms with E-state index in [-0.39, 0.29) is 28.9 Å². The average Bonchev–Trinajstić information content (AvgIpc) is 3.17. The van der Waals surface area contributed by atoms with Crippen LogP contribution in [0.15, 0.2) is 35.5 Å². The standard InChI is InChI=1S/C23H22F5N5O3S/c1-13(23(26,27)28)32-37(34,35)16-11-30-21(31-12-16)20-18(10-29)17-8-7-15(36-22(24)25)9-19(17)33(20)14-5-3-2-4-6-14/h7-9,11-14,22,32H,2-6H2,1H3. The molecule has 3 aromatic rings. The molecular weight excluding hydrogens is 521 g/mol. The van der Waals surface area contributed by atoms with Crippen molar-refractivity contribution in [2.45, 2.75) is 68.8 Å². The number of benzene rings is 1. The van der Waals surface area contributed by atoms with Gasteiger partial charge in [0.05, 0.1) is 23.5 Å². The lowest BCUT2D eigenvalue weighted by Crippen LogP contribution is -2.43. The Morgan fingerprint density at radius 1 is 1.16 bits per heavy atom. The smallest absolute Gasteiger partial charge is 0.404 e. The molecule has 14 heteroatoms. The molecule has 1 unspecified atom stereocenters. The molecule has 2 heterocycles. The zero-order valence-corrected chi connectivity index (χ0v) is 20.3. The van der Waals surface area contributed by atoms with Crippen molar-refractivity contribution >= 4 is 20.9 Å². The topological polar surface area (TPSA) is 110 Å². The van der Waals surface area contributed by atoms with Gasteiger partial charge in [0.1, 0.15) is 28.4 Å². The van der Waals surface area contributed by atoms with Crippen LogP contribution in [0, 0.1) is 11.3 Å². The number of alkyl halides is 5. The minimum atomic E-state index is -4.79. The van der Waals surface area contributed by atoms with Gasteiger partial charge in [0, 0.05) is 17.5 Å². The minimum Gasteiger partial charge on any atom is -0.435 e. The van der Waals surface area contributed by atoms with Gasteiger partial charge in [-0.3, -0.25) is 0 Å². The van der Waals surface area contributed by atoms with E-state index in [1.54, 1.807) is 4.57 Å². The lowest BCUT2D eigenvalue weighted by molar-refractivity contribution is -0.147. The Balaban J connectivity index is 1.83. The summed E-state index contributed by atoms with van der Waals surface area (Å²) in [5.74, 6) is -0.127. The van der Waals surface area contributed by atoms with Crippen LogP contribution in [-0.2, 0) is 10.0 Å². The summed E-state index contributed by atoms with van der Waals surface area (Å²) >= 11 is 0. The van der Waals surface area contributed by atoms with E-state index in [0.29, 0.717) is 17.8 Å². The minimum absolute atomic E-state index is 0.0301. The highest BCUT2D eigenvalue weighted by Crippen LogP contribution is 2.40. The van der Waals surface area contributed by atoms with Crippen molar-refractivity contribution < 1.29 is 35.1 Å². The molecule has 1 aliphatic rings. The van der Waals surface area contributed by atoms with Crippen LogP contribution < -0.4 is 9.46 Å². The van der Waals surface area contributed by atoms with Gasteiger partial charge < -0.3 is 9.30 Å². The number of aromatic nitrogens is 3. The molecule has 0 bridgehead atoms. The Hall–Kier alpha value is -3.31. The number of halogens is 5. The van der Waals surface area contributed by atoms with Gasteiger partial charge in [-0.2, -0.15) is 31.9 Å². The van der Waals surface area contributed by atoms with E-state index in [1.165, 1.54) is 22.9 Å². The molecule has 8 nitrogen and oxygen atoms in total. The Labute approximate surface area is 209 Å². The summed E-state index contributed by atoms with van der Waals surface area (Å²) in [6.45, 7) is -2.38. The predicted octanol–water partition coefficient (Wildman–Crippen LogP) is 5.31. The molecule has 1 fully saturated rings. The molecule has 198 valence electrons. The van der Waals surface area contributed by atoms with Crippen molar-refractivity contribution in [1.29, 1.82) is 5.26 Å². The van der Waals surface area contributed by atoms with Gasteiger partial charge in [0.15, 0.2) is 5.82 Å². The van der Waals surface area contributed by atoms with Gasteiger partial charge in [0.2, 0.25) is 10.0 Å². The average molecular weight is 544 g/mol. The number of rotatable bonds is 7. The van der Waals surface area contributed by atoms with Crippen LogP contribution in [-0.4, -0.2) is 41.8 Å². The first-order chi connectivity index (χ1) is 17.4. The number of nitrogens with zero attached hydrogens (tertiary/aromatic N) is 4. The van der Waals surface area contributed by atoms with Gasteiger partial charge in [-0.25, -0.2) is 18.4 Å². The number of nitrogens with one attached hydrogen (secondary N) is 1. The van der Waals surface area contributed by atoms with Crippen molar-refractivity contribution in [3.8, 4) is 23.3 Å². The molecule has 1 aliphatic carbocycles. The largest absolute Gasteiger partial charge is 0.435 e. The molecule has 1 aromatic carbocycles. The first-order valence-electron chi connectivity index (χ1n) is 11.4. The maximum absolute atomic E-state index is 12.9. The van der Waals surface area contributed by atoms with Gasteiger partial charge in [0.25, 0.3) is 0 Å². The third kappa shape index (κ3) is 5.52. The highest BCUT2D eigenvalue weighted by molar-refractivity contribution is 7.89.